The first-order chi connectivity index (χ1) is 10.3. The van der Waals surface area contributed by atoms with Gasteiger partial charge in [-0.15, -0.1) is 0 Å². The molecule has 3 aromatic rings. The quantitative estimate of drug-likeness (QED) is 0.551. The van der Waals surface area contributed by atoms with Crippen molar-refractivity contribution in [2.24, 2.45) is 0 Å². The Morgan fingerprint density at radius 1 is 0.955 bits per heavy atom. The normalized spacial score (nSPS) is 11.9. The van der Waals surface area contributed by atoms with Crippen molar-refractivity contribution >= 4 is 10.9 Å². The van der Waals surface area contributed by atoms with Gasteiger partial charge in [-0.05, 0) is 53.9 Å². The Labute approximate surface area is 124 Å². The largest absolute Gasteiger partial charge is 0.416 e. The van der Waals surface area contributed by atoms with Crippen LogP contribution in [0, 0.1) is 12.7 Å². The minimum atomic E-state index is -4.42. The second-order valence-electron chi connectivity index (χ2n) is 5.11. The Kier molecular flexibility index (Phi) is 3.35. The van der Waals surface area contributed by atoms with Gasteiger partial charge < -0.3 is 0 Å². The number of fused-ring (bicyclic) bond motifs is 1. The van der Waals surface area contributed by atoms with Crippen LogP contribution < -0.4 is 0 Å². The first kappa shape index (κ1) is 14.5. The molecule has 22 heavy (non-hydrogen) atoms. The molecule has 1 nitrogen and oxygen atoms in total. The Morgan fingerprint density at radius 3 is 2.41 bits per heavy atom. The van der Waals surface area contributed by atoms with Crippen molar-refractivity contribution in [2.75, 3.05) is 0 Å². The van der Waals surface area contributed by atoms with E-state index in [9.17, 15) is 17.6 Å². The highest BCUT2D eigenvalue weighted by atomic mass is 19.4. The summed E-state index contributed by atoms with van der Waals surface area (Å²) in [6, 6.07) is 9.61. The van der Waals surface area contributed by atoms with E-state index in [0.29, 0.717) is 16.5 Å². The fourth-order valence-corrected chi connectivity index (χ4v) is 2.47. The molecule has 0 radical (unpaired) electrons. The van der Waals surface area contributed by atoms with Crippen LogP contribution in [-0.4, -0.2) is 4.98 Å². The first-order valence-electron chi connectivity index (χ1n) is 6.58. The zero-order valence-corrected chi connectivity index (χ0v) is 11.6. The van der Waals surface area contributed by atoms with Crippen molar-refractivity contribution in [2.45, 2.75) is 13.1 Å². The Morgan fingerprint density at radius 2 is 1.73 bits per heavy atom. The Hall–Kier alpha value is -2.43. The number of aryl methyl sites for hydroxylation is 1. The van der Waals surface area contributed by atoms with Gasteiger partial charge in [-0.2, -0.15) is 13.2 Å². The minimum Gasteiger partial charge on any atom is -0.256 e. The van der Waals surface area contributed by atoms with E-state index < -0.39 is 11.7 Å². The van der Waals surface area contributed by atoms with Crippen LogP contribution in [0.25, 0.3) is 22.0 Å². The van der Waals surface area contributed by atoms with Gasteiger partial charge in [0.15, 0.2) is 0 Å². The van der Waals surface area contributed by atoms with Crippen molar-refractivity contribution in [3.63, 3.8) is 0 Å². The molecule has 5 heteroatoms. The van der Waals surface area contributed by atoms with Gasteiger partial charge in [0.05, 0.1) is 11.1 Å². The summed E-state index contributed by atoms with van der Waals surface area (Å²) in [4.78, 5) is 3.99. The highest BCUT2D eigenvalue weighted by molar-refractivity contribution is 5.94. The van der Waals surface area contributed by atoms with E-state index in [4.69, 9.17) is 0 Å². The van der Waals surface area contributed by atoms with E-state index in [-0.39, 0.29) is 11.3 Å². The van der Waals surface area contributed by atoms with Crippen LogP contribution in [0.4, 0.5) is 17.6 Å². The molecule has 0 amide bonds. The molecule has 0 aliphatic heterocycles. The predicted molar refractivity (Wildman–Crippen MR) is 76.9 cm³/mol. The third-order valence-electron chi connectivity index (χ3n) is 3.42. The summed E-state index contributed by atoms with van der Waals surface area (Å²) in [5, 5.41) is 0.556. The lowest BCUT2D eigenvalue weighted by molar-refractivity contribution is -0.137. The molecule has 0 aliphatic rings. The Bertz CT molecular complexity index is 833. The van der Waals surface area contributed by atoms with Gasteiger partial charge in [-0.25, -0.2) is 4.39 Å². The van der Waals surface area contributed by atoms with E-state index in [0.717, 1.165) is 17.7 Å². The van der Waals surface area contributed by atoms with Crippen molar-refractivity contribution in [1.29, 1.82) is 0 Å². The topological polar surface area (TPSA) is 12.9 Å². The highest BCUT2D eigenvalue weighted by Crippen LogP contribution is 2.34. The average Bonchev–Trinajstić information content (AvgIpc) is 2.44. The number of benzene rings is 2. The molecule has 0 saturated carbocycles. The summed E-state index contributed by atoms with van der Waals surface area (Å²) < 4.78 is 51.9. The lowest BCUT2D eigenvalue weighted by atomic mass is 9.98. The fourth-order valence-electron chi connectivity index (χ4n) is 2.47. The maximum absolute atomic E-state index is 13.6. The summed E-state index contributed by atoms with van der Waals surface area (Å²) in [6.45, 7) is 1.76. The maximum atomic E-state index is 13.6. The second kappa shape index (κ2) is 5.09. The standard InChI is InChI=1S/C17H11F4N/c1-10-6-11(8-13(18)7-10)14-4-5-22-16-9-12(17(19,20)21)2-3-15(14)16/h2-9H,1H3. The van der Waals surface area contributed by atoms with E-state index in [2.05, 4.69) is 4.98 Å². The smallest absolute Gasteiger partial charge is 0.256 e. The predicted octanol–water partition coefficient (Wildman–Crippen LogP) is 5.37. The summed E-state index contributed by atoms with van der Waals surface area (Å²) in [5.74, 6) is -0.383. The summed E-state index contributed by atoms with van der Waals surface area (Å²) in [6.07, 6.45) is -2.99. The number of hydrogen-bond acceptors (Lipinski definition) is 1. The first-order valence-corrected chi connectivity index (χ1v) is 6.58. The van der Waals surface area contributed by atoms with Crippen LogP contribution in [0.15, 0.2) is 48.7 Å². The number of nitrogens with zero attached hydrogens (tertiary/aromatic N) is 1. The maximum Gasteiger partial charge on any atom is 0.416 e. The van der Waals surface area contributed by atoms with E-state index >= 15 is 0 Å². The summed E-state index contributed by atoms with van der Waals surface area (Å²) >= 11 is 0. The molecule has 1 heterocycles. The van der Waals surface area contributed by atoms with Crippen LogP contribution in [-0.2, 0) is 6.18 Å². The van der Waals surface area contributed by atoms with Gasteiger partial charge in [0.25, 0.3) is 0 Å². The van der Waals surface area contributed by atoms with Gasteiger partial charge in [-0.1, -0.05) is 12.1 Å². The lowest BCUT2D eigenvalue weighted by Crippen LogP contribution is -2.04. The molecule has 0 N–H and O–H groups in total. The molecular weight excluding hydrogens is 294 g/mol. The molecule has 2 aromatic carbocycles. The third kappa shape index (κ3) is 2.66. The second-order valence-corrected chi connectivity index (χ2v) is 5.11. The summed E-state index contributed by atoms with van der Waals surface area (Å²) in [7, 11) is 0. The van der Waals surface area contributed by atoms with Crippen molar-refractivity contribution < 1.29 is 17.6 Å². The third-order valence-corrected chi connectivity index (χ3v) is 3.42. The zero-order valence-electron chi connectivity index (χ0n) is 11.6. The molecule has 3 rings (SSSR count). The SMILES string of the molecule is Cc1cc(F)cc(-c2ccnc3cc(C(F)(F)F)ccc23)c1. The number of aromatic nitrogens is 1. The number of pyridine rings is 1. The molecule has 1 aromatic heterocycles. The highest BCUT2D eigenvalue weighted by Gasteiger charge is 2.30. The molecule has 0 bridgehead atoms. The van der Waals surface area contributed by atoms with Crippen molar-refractivity contribution in [3.8, 4) is 11.1 Å². The molecule has 0 unspecified atom stereocenters. The van der Waals surface area contributed by atoms with Gasteiger partial charge in [0.1, 0.15) is 5.82 Å². The molecule has 0 fully saturated rings. The Balaban J connectivity index is 2.23. The number of halogens is 4. The fraction of sp³-hybridized carbons (Fsp3) is 0.118. The van der Waals surface area contributed by atoms with E-state index in [1.807, 2.05) is 0 Å². The molecule has 0 atom stereocenters. The lowest BCUT2D eigenvalue weighted by Gasteiger charge is -2.10. The average molecular weight is 305 g/mol. The molecular formula is C17H11F4N. The minimum absolute atomic E-state index is 0.231. The van der Waals surface area contributed by atoms with Crippen LogP contribution in [0.1, 0.15) is 11.1 Å². The monoisotopic (exact) mass is 305 g/mol. The molecule has 0 aliphatic carbocycles. The number of alkyl halides is 3. The van der Waals surface area contributed by atoms with Crippen LogP contribution in [0.2, 0.25) is 0 Å². The number of hydrogen-bond donors (Lipinski definition) is 0. The van der Waals surface area contributed by atoms with E-state index in [1.165, 1.54) is 24.4 Å². The van der Waals surface area contributed by atoms with Gasteiger partial charge >= 0.3 is 6.18 Å². The molecule has 0 spiro atoms. The van der Waals surface area contributed by atoms with Gasteiger partial charge in [0, 0.05) is 11.6 Å². The van der Waals surface area contributed by atoms with Crippen molar-refractivity contribution in [1.82, 2.24) is 4.98 Å². The zero-order chi connectivity index (χ0) is 15.9. The van der Waals surface area contributed by atoms with E-state index in [1.54, 1.807) is 19.1 Å². The van der Waals surface area contributed by atoms with Crippen LogP contribution >= 0.6 is 0 Å². The summed E-state index contributed by atoms with van der Waals surface area (Å²) in [5.41, 5.74) is 1.49. The molecule has 0 saturated heterocycles. The molecule has 112 valence electrons. The number of rotatable bonds is 1. The van der Waals surface area contributed by atoms with Crippen LogP contribution in [0.3, 0.4) is 0 Å². The van der Waals surface area contributed by atoms with Crippen LogP contribution in [0.5, 0.6) is 0 Å². The van der Waals surface area contributed by atoms with Gasteiger partial charge in [0.2, 0.25) is 0 Å². The van der Waals surface area contributed by atoms with Crippen molar-refractivity contribution in [3.05, 3.63) is 65.6 Å². The van der Waals surface area contributed by atoms with Gasteiger partial charge in [-0.3, -0.25) is 4.98 Å².